The lowest BCUT2D eigenvalue weighted by Gasteiger charge is -2.28. The van der Waals surface area contributed by atoms with E-state index < -0.39 is 11.9 Å². The van der Waals surface area contributed by atoms with Crippen LogP contribution in [0.3, 0.4) is 0 Å². The van der Waals surface area contributed by atoms with Gasteiger partial charge in [-0.3, -0.25) is 9.59 Å². The number of halogens is 1. The lowest BCUT2D eigenvalue weighted by molar-refractivity contribution is -0.135. The molecule has 4 aromatic carbocycles. The van der Waals surface area contributed by atoms with Crippen molar-refractivity contribution in [3.63, 3.8) is 0 Å². The number of para-hydroxylation sites is 1. The number of rotatable bonds is 9. The number of benzene rings is 4. The first-order valence-electron chi connectivity index (χ1n) is 12.7. The average Bonchev–Trinajstić information content (AvgIpc) is 2.97. The van der Waals surface area contributed by atoms with Crippen molar-refractivity contribution in [2.75, 3.05) is 20.8 Å². The number of hydrogen-bond donors (Lipinski definition) is 1. The summed E-state index contributed by atoms with van der Waals surface area (Å²) in [6.07, 6.45) is 0.566. The highest BCUT2D eigenvalue weighted by Crippen LogP contribution is 2.49. The highest BCUT2D eigenvalue weighted by Gasteiger charge is 2.35. The lowest BCUT2D eigenvalue weighted by Crippen LogP contribution is -2.22. The molecule has 1 N–H and O–H groups in total. The molecular weight excluding hydrogens is 532 g/mol. The van der Waals surface area contributed by atoms with E-state index in [2.05, 4.69) is 0 Å². The van der Waals surface area contributed by atoms with Crippen molar-refractivity contribution in [1.29, 1.82) is 0 Å². The van der Waals surface area contributed by atoms with Gasteiger partial charge in [0.1, 0.15) is 17.2 Å². The van der Waals surface area contributed by atoms with E-state index in [1.54, 1.807) is 50.6 Å². The Hall–Kier alpha value is -4.49. The number of phenolic OH excluding ortho intramolecular Hbond substituents is 1. The normalized spacial score (nSPS) is 14.2. The Morgan fingerprint density at radius 2 is 1.73 bits per heavy atom. The second-order valence-electron chi connectivity index (χ2n) is 9.27. The summed E-state index contributed by atoms with van der Waals surface area (Å²) in [7, 11) is 3.16. The van der Waals surface area contributed by atoms with Crippen LogP contribution in [-0.4, -0.2) is 37.7 Å². The number of phenols is 1. The van der Waals surface area contributed by atoms with Crippen molar-refractivity contribution < 1.29 is 33.6 Å². The van der Waals surface area contributed by atoms with Crippen LogP contribution >= 0.6 is 11.6 Å². The van der Waals surface area contributed by atoms with Gasteiger partial charge in [-0.1, -0.05) is 35.9 Å². The molecule has 40 heavy (non-hydrogen) atoms. The minimum atomic E-state index is -0.639. The summed E-state index contributed by atoms with van der Waals surface area (Å²) in [6.45, 7) is 0.338. The maximum atomic E-state index is 13.3. The van der Waals surface area contributed by atoms with Crippen molar-refractivity contribution >= 4 is 23.4 Å². The smallest absolute Gasteiger partial charge is 0.312 e. The van der Waals surface area contributed by atoms with E-state index in [0.29, 0.717) is 46.2 Å². The third-order valence-electron chi connectivity index (χ3n) is 6.87. The number of methoxy groups -OCH3 is 2. The maximum Gasteiger partial charge on any atom is 0.312 e. The molecule has 1 heterocycles. The second-order valence-corrected chi connectivity index (χ2v) is 9.70. The van der Waals surface area contributed by atoms with Crippen LogP contribution in [0.2, 0.25) is 5.02 Å². The van der Waals surface area contributed by atoms with Crippen LogP contribution in [0.4, 0.5) is 0 Å². The number of hydrogen-bond acceptors (Lipinski definition) is 7. The number of carbonyl (C=O) groups excluding carboxylic acids is 2. The molecule has 1 atom stereocenters. The first-order chi connectivity index (χ1) is 19.4. The summed E-state index contributed by atoms with van der Waals surface area (Å²) in [4.78, 5) is 25.9. The molecule has 0 saturated carbocycles. The number of ether oxygens (including phenoxy) is 4. The zero-order chi connectivity index (χ0) is 28.2. The van der Waals surface area contributed by atoms with Gasteiger partial charge < -0.3 is 24.1 Å². The van der Waals surface area contributed by atoms with E-state index in [1.165, 1.54) is 12.1 Å². The molecule has 0 bridgehead atoms. The lowest BCUT2D eigenvalue weighted by atomic mass is 9.83. The van der Waals surface area contributed by atoms with Crippen LogP contribution in [0.5, 0.6) is 28.7 Å². The number of fused-ring (bicyclic) bond motifs is 1. The molecule has 4 aromatic rings. The summed E-state index contributed by atoms with van der Waals surface area (Å²) >= 11 is 5.98. The highest BCUT2D eigenvalue weighted by atomic mass is 35.5. The number of esters is 1. The van der Waals surface area contributed by atoms with Gasteiger partial charge in [0.15, 0.2) is 17.3 Å². The topological polar surface area (TPSA) is 91.3 Å². The Bertz CT molecular complexity index is 1550. The molecule has 0 saturated heterocycles. The van der Waals surface area contributed by atoms with Crippen LogP contribution in [0.25, 0.3) is 0 Å². The summed E-state index contributed by atoms with van der Waals surface area (Å²) in [5.74, 6) is 0.183. The number of aromatic hydroxyl groups is 1. The quantitative estimate of drug-likeness (QED) is 0.145. The van der Waals surface area contributed by atoms with Crippen molar-refractivity contribution in [3.05, 3.63) is 112 Å². The molecule has 8 heteroatoms. The van der Waals surface area contributed by atoms with Gasteiger partial charge in [0.05, 0.1) is 32.8 Å². The Morgan fingerprint density at radius 3 is 2.42 bits per heavy atom. The Balaban J connectivity index is 1.50. The first-order valence-corrected chi connectivity index (χ1v) is 13.1. The summed E-state index contributed by atoms with van der Waals surface area (Å²) in [6, 6.07) is 22.5. The molecule has 204 valence electrons. The molecule has 0 spiro atoms. The molecular formula is C32H27ClO7. The van der Waals surface area contributed by atoms with E-state index in [4.69, 9.17) is 30.5 Å². The molecule has 0 unspecified atom stereocenters. The monoisotopic (exact) mass is 558 g/mol. The third kappa shape index (κ3) is 5.46. The largest absolute Gasteiger partial charge is 0.507 e. The second kappa shape index (κ2) is 11.7. The van der Waals surface area contributed by atoms with Crippen molar-refractivity contribution in [3.8, 4) is 28.7 Å². The minimum absolute atomic E-state index is 0.0544. The molecule has 1 aliphatic rings. The Labute approximate surface area is 236 Å². The van der Waals surface area contributed by atoms with E-state index >= 15 is 0 Å². The van der Waals surface area contributed by atoms with Gasteiger partial charge in [-0.05, 0) is 60.2 Å². The van der Waals surface area contributed by atoms with Crippen molar-refractivity contribution in [2.24, 2.45) is 0 Å². The predicted octanol–water partition coefficient (Wildman–Crippen LogP) is 6.36. The Kier molecular flexibility index (Phi) is 7.94. The third-order valence-corrected chi connectivity index (χ3v) is 7.12. The van der Waals surface area contributed by atoms with Crippen LogP contribution in [0.1, 0.15) is 45.0 Å². The van der Waals surface area contributed by atoms with Gasteiger partial charge in [-0.25, -0.2) is 0 Å². The zero-order valence-electron chi connectivity index (χ0n) is 22.0. The molecule has 0 aromatic heterocycles. The summed E-state index contributed by atoms with van der Waals surface area (Å²) in [5.41, 5.74) is 2.50. The van der Waals surface area contributed by atoms with Crippen LogP contribution in [0, 0.1) is 0 Å². The van der Waals surface area contributed by atoms with E-state index in [-0.39, 0.29) is 29.3 Å². The molecule has 0 aliphatic carbocycles. The fourth-order valence-electron chi connectivity index (χ4n) is 4.84. The fourth-order valence-corrected chi connectivity index (χ4v) is 4.97. The summed E-state index contributed by atoms with van der Waals surface area (Å²) in [5, 5.41) is 11.9. The van der Waals surface area contributed by atoms with Gasteiger partial charge in [0.25, 0.3) is 0 Å². The van der Waals surface area contributed by atoms with Crippen LogP contribution < -0.4 is 18.9 Å². The molecule has 0 amide bonds. The van der Waals surface area contributed by atoms with Crippen molar-refractivity contribution in [2.45, 2.75) is 18.8 Å². The fraction of sp³-hybridized carbons (Fsp3) is 0.188. The minimum Gasteiger partial charge on any atom is -0.507 e. The SMILES string of the molecule is COc1ccc(CCOc2c(OC)cccc2[C@@H]2CC(=O)Oc3ccc(C(=O)c4ccc(Cl)cc4)c(O)c32)cc1. The molecule has 5 rings (SSSR count). The van der Waals surface area contributed by atoms with Gasteiger partial charge in [-0.2, -0.15) is 0 Å². The number of carbonyl (C=O) groups is 2. The van der Waals surface area contributed by atoms with E-state index in [9.17, 15) is 14.7 Å². The molecule has 7 nitrogen and oxygen atoms in total. The zero-order valence-corrected chi connectivity index (χ0v) is 22.7. The Morgan fingerprint density at radius 1 is 0.975 bits per heavy atom. The average molecular weight is 559 g/mol. The van der Waals surface area contributed by atoms with Crippen molar-refractivity contribution in [1.82, 2.24) is 0 Å². The predicted molar refractivity (Wildman–Crippen MR) is 150 cm³/mol. The van der Waals surface area contributed by atoms with Gasteiger partial charge in [0, 0.05) is 34.1 Å². The van der Waals surface area contributed by atoms with Gasteiger partial charge in [-0.15, -0.1) is 0 Å². The van der Waals surface area contributed by atoms with Crippen LogP contribution in [-0.2, 0) is 11.2 Å². The van der Waals surface area contributed by atoms with E-state index in [0.717, 1.165) is 11.3 Å². The van der Waals surface area contributed by atoms with Crippen LogP contribution in [0.15, 0.2) is 78.9 Å². The first kappa shape index (κ1) is 27.1. The standard InChI is InChI=1S/C32H27ClO7/c1-37-22-12-6-19(7-13-22)16-17-39-32-23(4-3-5-27(32)38-2)25-18-28(34)40-26-15-14-24(31(36)29(25)26)30(35)20-8-10-21(33)11-9-20/h3-15,25,36H,16-18H2,1-2H3/t25-/m0/s1. The van der Waals surface area contributed by atoms with E-state index in [1.807, 2.05) is 30.3 Å². The van der Waals surface area contributed by atoms with Gasteiger partial charge in [0.2, 0.25) is 0 Å². The maximum absolute atomic E-state index is 13.3. The summed E-state index contributed by atoms with van der Waals surface area (Å²) < 4.78 is 22.5. The highest BCUT2D eigenvalue weighted by molar-refractivity contribution is 6.30. The number of ketones is 1. The molecule has 0 fully saturated rings. The van der Waals surface area contributed by atoms with Gasteiger partial charge >= 0.3 is 5.97 Å². The molecule has 1 aliphatic heterocycles. The molecule has 0 radical (unpaired) electrons.